The minimum atomic E-state index is 1.30. The molecule has 0 aromatic heterocycles. The summed E-state index contributed by atoms with van der Waals surface area (Å²) in [6, 6.07) is 17.2. The maximum Gasteiger partial charge on any atom is -0.0105 e. The fourth-order valence-corrected chi connectivity index (χ4v) is 2.43. The van der Waals surface area contributed by atoms with Crippen LogP contribution in [0.25, 0.3) is 12.2 Å². The molecule has 2 aromatic rings. The van der Waals surface area contributed by atoms with Gasteiger partial charge < -0.3 is 0 Å². The second-order valence-corrected chi connectivity index (χ2v) is 4.83. The van der Waals surface area contributed by atoms with Crippen molar-refractivity contribution in [3.05, 3.63) is 80.6 Å². The lowest BCUT2D eigenvalue weighted by Crippen LogP contribution is -2.11. The van der Waals surface area contributed by atoms with E-state index in [0.29, 0.717) is 0 Å². The predicted molar refractivity (Wildman–Crippen MR) is 77.1 cm³/mol. The molecule has 0 N–H and O–H groups in total. The highest BCUT2D eigenvalue weighted by atomic mass is 14.0. The quantitative estimate of drug-likeness (QED) is 0.655. The molecule has 2 aromatic carbocycles. The monoisotopic (exact) mass is 232 g/mol. The largest absolute Gasteiger partial charge is 0.0616 e. The van der Waals surface area contributed by atoms with Crippen molar-refractivity contribution in [1.29, 1.82) is 0 Å². The molecular formula is C18H16. The average Bonchev–Trinajstić information content (AvgIpc) is 2.39. The van der Waals surface area contributed by atoms with Crippen LogP contribution in [0.3, 0.4) is 0 Å². The van der Waals surface area contributed by atoms with Crippen LogP contribution in [0.1, 0.15) is 13.8 Å². The van der Waals surface area contributed by atoms with E-state index in [9.17, 15) is 0 Å². The molecule has 1 aliphatic rings. The average molecular weight is 232 g/mol. The number of hydrogen-bond acceptors (Lipinski definition) is 0. The van der Waals surface area contributed by atoms with Gasteiger partial charge in [-0.25, -0.2) is 0 Å². The molecule has 0 unspecified atom stereocenters. The van der Waals surface area contributed by atoms with Crippen LogP contribution >= 0.6 is 0 Å². The zero-order valence-corrected chi connectivity index (χ0v) is 10.8. The van der Waals surface area contributed by atoms with Crippen molar-refractivity contribution in [3.8, 4) is 0 Å². The molecule has 0 radical (unpaired) electrons. The summed E-state index contributed by atoms with van der Waals surface area (Å²) in [4.78, 5) is 0. The molecule has 0 spiro atoms. The molecule has 0 saturated carbocycles. The van der Waals surface area contributed by atoms with Gasteiger partial charge in [-0.3, -0.25) is 0 Å². The summed E-state index contributed by atoms with van der Waals surface area (Å²) in [5.74, 6) is 0. The second-order valence-electron chi connectivity index (χ2n) is 4.83. The molecule has 0 aliphatic heterocycles. The number of fused-ring (bicyclic) bond motifs is 2. The van der Waals surface area contributed by atoms with Crippen LogP contribution in [-0.4, -0.2) is 0 Å². The van der Waals surface area contributed by atoms with E-state index in [1.165, 1.54) is 32.0 Å². The van der Waals surface area contributed by atoms with Gasteiger partial charge in [0, 0.05) is 0 Å². The van der Waals surface area contributed by atoms with Gasteiger partial charge >= 0.3 is 0 Å². The standard InChI is InChI=1S/C18H16/c1-13-11-15-7-3-5-9-17(15)18-10-6-4-8-16(18)12-14(13)2/h3-12H,1-2H3. The number of rotatable bonds is 0. The minimum Gasteiger partial charge on any atom is -0.0616 e. The van der Waals surface area contributed by atoms with Gasteiger partial charge in [-0.1, -0.05) is 60.7 Å². The molecule has 88 valence electrons. The van der Waals surface area contributed by atoms with Crippen molar-refractivity contribution in [2.45, 2.75) is 13.8 Å². The Bertz CT molecular complexity index is 765. The summed E-state index contributed by atoms with van der Waals surface area (Å²) in [5.41, 5.74) is 2.66. The molecule has 0 atom stereocenters. The molecule has 0 heterocycles. The zero-order chi connectivity index (χ0) is 12.5. The van der Waals surface area contributed by atoms with Crippen molar-refractivity contribution >= 4 is 12.2 Å². The number of allylic oxidation sites excluding steroid dienone is 2. The van der Waals surface area contributed by atoms with Crippen molar-refractivity contribution in [3.63, 3.8) is 0 Å². The number of hydrogen-bond donors (Lipinski definition) is 0. The normalized spacial score (nSPS) is 13.7. The highest BCUT2D eigenvalue weighted by Gasteiger charge is 1.97. The SMILES string of the molecule is CC1=C(C)C=c2ccccc2=c2ccccc2=C1. The molecule has 18 heavy (non-hydrogen) atoms. The Morgan fingerprint density at radius 2 is 0.944 bits per heavy atom. The highest BCUT2D eigenvalue weighted by Crippen LogP contribution is 2.07. The third kappa shape index (κ3) is 1.80. The maximum absolute atomic E-state index is 2.27. The van der Waals surface area contributed by atoms with Gasteiger partial charge in [-0.2, -0.15) is 0 Å². The van der Waals surface area contributed by atoms with E-state index in [1.54, 1.807) is 0 Å². The van der Waals surface area contributed by atoms with E-state index in [0.717, 1.165) is 0 Å². The van der Waals surface area contributed by atoms with Crippen molar-refractivity contribution in [2.24, 2.45) is 0 Å². The third-order valence-corrected chi connectivity index (χ3v) is 3.58. The van der Waals surface area contributed by atoms with E-state index in [2.05, 4.69) is 74.5 Å². The van der Waals surface area contributed by atoms with Crippen molar-refractivity contribution in [2.75, 3.05) is 0 Å². The topological polar surface area (TPSA) is 0 Å². The van der Waals surface area contributed by atoms with Crippen LogP contribution in [0, 0.1) is 10.4 Å². The van der Waals surface area contributed by atoms with Crippen LogP contribution in [0.15, 0.2) is 59.7 Å². The molecule has 1 aliphatic carbocycles. The van der Waals surface area contributed by atoms with Gasteiger partial charge in [0.05, 0.1) is 0 Å². The Labute approximate surface area is 107 Å². The van der Waals surface area contributed by atoms with E-state index >= 15 is 0 Å². The number of benzene rings is 2. The van der Waals surface area contributed by atoms with Gasteiger partial charge in [0.1, 0.15) is 0 Å². The highest BCUT2D eigenvalue weighted by molar-refractivity contribution is 5.59. The zero-order valence-electron chi connectivity index (χ0n) is 10.8. The fourth-order valence-electron chi connectivity index (χ4n) is 2.43. The molecule has 0 saturated heterocycles. The van der Waals surface area contributed by atoms with Crippen LogP contribution in [0.5, 0.6) is 0 Å². The summed E-state index contributed by atoms with van der Waals surface area (Å²) in [6.45, 7) is 4.35. The smallest absolute Gasteiger partial charge is 0.0105 e. The van der Waals surface area contributed by atoms with Crippen LogP contribution in [0.2, 0.25) is 0 Å². The minimum absolute atomic E-state index is 1.30. The molecular weight excluding hydrogens is 216 g/mol. The second kappa shape index (κ2) is 4.30. The summed E-state index contributed by atoms with van der Waals surface area (Å²) in [6.07, 6.45) is 4.55. The van der Waals surface area contributed by atoms with Crippen molar-refractivity contribution < 1.29 is 0 Å². The van der Waals surface area contributed by atoms with Gasteiger partial charge in [0.2, 0.25) is 0 Å². The lowest BCUT2D eigenvalue weighted by Gasteiger charge is -2.03. The summed E-state index contributed by atoms with van der Waals surface area (Å²) in [7, 11) is 0. The van der Waals surface area contributed by atoms with Crippen LogP contribution in [-0.2, 0) is 0 Å². The van der Waals surface area contributed by atoms with Gasteiger partial charge in [0.15, 0.2) is 0 Å². The first kappa shape index (κ1) is 11.0. The van der Waals surface area contributed by atoms with E-state index in [1.807, 2.05) is 0 Å². The summed E-state index contributed by atoms with van der Waals surface area (Å²) < 4.78 is 0. The molecule has 0 nitrogen and oxygen atoms in total. The Kier molecular flexibility index (Phi) is 2.64. The lowest BCUT2D eigenvalue weighted by molar-refractivity contribution is 1.35. The van der Waals surface area contributed by atoms with Gasteiger partial charge in [-0.15, -0.1) is 0 Å². The molecule has 0 fully saturated rings. The first-order chi connectivity index (χ1) is 8.75. The van der Waals surface area contributed by atoms with Gasteiger partial charge in [0.25, 0.3) is 0 Å². The molecule has 0 bridgehead atoms. The first-order valence-corrected chi connectivity index (χ1v) is 6.31. The van der Waals surface area contributed by atoms with E-state index in [4.69, 9.17) is 0 Å². The van der Waals surface area contributed by atoms with E-state index < -0.39 is 0 Å². The fraction of sp³-hybridized carbons (Fsp3) is 0.111. The van der Waals surface area contributed by atoms with Crippen LogP contribution < -0.4 is 10.4 Å². The van der Waals surface area contributed by atoms with Crippen LogP contribution in [0.4, 0.5) is 0 Å². The maximum atomic E-state index is 2.27. The first-order valence-electron chi connectivity index (χ1n) is 6.31. The lowest BCUT2D eigenvalue weighted by atomic mass is 10.0. The Morgan fingerprint density at radius 3 is 1.39 bits per heavy atom. The predicted octanol–water partition coefficient (Wildman–Crippen LogP) is 2.88. The Balaban J connectivity index is 2.71. The third-order valence-electron chi connectivity index (χ3n) is 3.58. The van der Waals surface area contributed by atoms with Gasteiger partial charge in [-0.05, 0) is 45.9 Å². The molecule has 0 heteroatoms. The molecule has 3 rings (SSSR count). The molecule has 0 amide bonds. The summed E-state index contributed by atoms with van der Waals surface area (Å²) in [5, 5.41) is 5.23. The summed E-state index contributed by atoms with van der Waals surface area (Å²) >= 11 is 0. The Morgan fingerprint density at radius 1 is 0.556 bits per heavy atom. The van der Waals surface area contributed by atoms with E-state index in [-0.39, 0.29) is 0 Å². The Hall–Kier alpha value is -2.08. The van der Waals surface area contributed by atoms with Crippen molar-refractivity contribution in [1.82, 2.24) is 0 Å².